The highest BCUT2D eigenvalue weighted by Crippen LogP contribution is 2.20. The molecule has 0 aliphatic carbocycles. The second-order valence-corrected chi connectivity index (χ2v) is 4.49. The van der Waals surface area contributed by atoms with Gasteiger partial charge in [0.2, 0.25) is 0 Å². The van der Waals surface area contributed by atoms with Gasteiger partial charge in [0.25, 0.3) is 0 Å². The Balaban J connectivity index is 2.31. The van der Waals surface area contributed by atoms with Crippen LogP contribution in [0, 0.1) is 18.3 Å². The van der Waals surface area contributed by atoms with Crippen molar-refractivity contribution >= 4 is 22.6 Å². The maximum Gasteiger partial charge on any atom is 0.350 e. The van der Waals surface area contributed by atoms with E-state index in [1.807, 2.05) is 6.92 Å². The number of carbonyl (C=O) groups excluding carboxylic acids is 1. The number of aryl methyl sites for hydroxylation is 1. The fraction of sp³-hybridized carbons (Fsp3) is 0.188. The number of benzene rings is 1. The van der Waals surface area contributed by atoms with Crippen molar-refractivity contribution in [2.75, 3.05) is 11.9 Å². The van der Waals surface area contributed by atoms with E-state index < -0.39 is 11.6 Å². The minimum atomic E-state index is -0.694. The summed E-state index contributed by atoms with van der Waals surface area (Å²) in [7, 11) is 0. The molecular weight excluding hydrogens is 284 g/mol. The number of nitrogens with one attached hydrogen (secondary N) is 1. The molecule has 2 rings (SSSR count). The molecule has 0 amide bonds. The maximum atomic E-state index is 11.5. The van der Waals surface area contributed by atoms with Crippen molar-refractivity contribution in [1.29, 1.82) is 5.26 Å². The lowest BCUT2D eigenvalue weighted by molar-refractivity contribution is -0.138. The molecule has 1 aromatic carbocycles. The Morgan fingerprint density at radius 1 is 1.45 bits per heavy atom. The first-order valence-electron chi connectivity index (χ1n) is 6.63. The summed E-state index contributed by atoms with van der Waals surface area (Å²) in [4.78, 5) is 22.9. The molecule has 0 radical (unpaired) electrons. The molecule has 0 saturated carbocycles. The topological polar surface area (TPSA) is 92.3 Å². The summed E-state index contributed by atoms with van der Waals surface area (Å²) in [5.41, 5.74) is 1.25. The van der Waals surface area contributed by atoms with Gasteiger partial charge in [0.15, 0.2) is 5.57 Å². The summed E-state index contributed by atoms with van der Waals surface area (Å²) in [6, 6.07) is 8.36. The highest BCUT2D eigenvalue weighted by Gasteiger charge is 2.09. The van der Waals surface area contributed by atoms with Crippen molar-refractivity contribution in [2.24, 2.45) is 0 Å². The van der Waals surface area contributed by atoms with Crippen molar-refractivity contribution in [1.82, 2.24) is 0 Å². The van der Waals surface area contributed by atoms with Gasteiger partial charge in [-0.05, 0) is 31.5 Å². The van der Waals surface area contributed by atoms with Gasteiger partial charge in [0.1, 0.15) is 11.7 Å². The zero-order valence-electron chi connectivity index (χ0n) is 12.2. The van der Waals surface area contributed by atoms with E-state index >= 15 is 0 Å². The number of esters is 1. The standard InChI is InChI=1S/C16H14N2O4/c1-3-21-16(20)11(8-17)9-18-12-4-5-13-10(2)6-15(19)22-14(13)7-12/h4-7,9,18H,3H2,1-2H3/b11-9+. The first-order valence-corrected chi connectivity index (χ1v) is 6.63. The first-order chi connectivity index (χ1) is 10.5. The molecule has 112 valence electrons. The van der Waals surface area contributed by atoms with E-state index in [2.05, 4.69) is 5.32 Å². The van der Waals surface area contributed by atoms with Crippen LogP contribution in [-0.2, 0) is 9.53 Å². The van der Waals surface area contributed by atoms with Crippen LogP contribution in [0.1, 0.15) is 12.5 Å². The number of fused-ring (bicyclic) bond motifs is 1. The summed E-state index contributed by atoms with van der Waals surface area (Å²) >= 11 is 0. The lowest BCUT2D eigenvalue weighted by atomic mass is 10.1. The van der Waals surface area contributed by atoms with E-state index in [1.54, 1.807) is 31.2 Å². The van der Waals surface area contributed by atoms with Crippen LogP contribution in [0.15, 0.2) is 45.3 Å². The van der Waals surface area contributed by atoms with Crippen LogP contribution >= 0.6 is 0 Å². The van der Waals surface area contributed by atoms with E-state index in [0.717, 1.165) is 10.9 Å². The molecule has 0 unspecified atom stereocenters. The molecule has 1 N–H and O–H groups in total. The number of ether oxygens (including phenoxy) is 1. The predicted octanol–water partition coefficient (Wildman–Crippen LogP) is 2.48. The van der Waals surface area contributed by atoms with Crippen molar-refractivity contribution in [2.45, 2.75) is 13.8 Å². The Bertz CT molecular complexity index is 843. The molecule has 1 heterocycles. The van der Waals surface area contributed by atoms with Gasteiger partial charge in [-0.25, -0.2) is 9.59 Å². The molecule has 0 saturated heterocycles. The van der Waals surface area contributed by atoms with Gasteiger partial charge in [-0.2, -0.15) is 5.26 Å². The van der Waals surface area contributed by atoms with Crippen LogP contribution in [-0.4, -0.2) is 12.6 Å². The molecule has 1 aromatic heterocycles. The number of hydrogen-bond donors (Lipinski definition) is 1. The highest BCUT2D eigenvalue weighted by atomic mass is 16.5. The molecular formula is C16H14N2O4. The molecule has 0 aliphatic rings. The number of carbonyl (C=O) groups is 1. The summed E-state index contributed by atoms with van der Waals surface area (Å²) in [6.07, 6.45) is 1.26. The largest absolute Gasteiger partial charge is 0.462 e. The SMILES string of the molecule is CCOC(=O)/C(C#N)=C/Nc1ccc2c(C)cc(=O)oc2c1. The Morgan fingerprint density at radius 3 is 2.91 bits per heavy atom. The smallest absolute Gasteiger partial charge is 0.350 e. The number of nitrogens with zero attached hydrogens (tertiary/aromatic N) is 1. The van der Waals surface area contributed by atoms with Gasteiger partial charge in [-0.3, -0.25) is 0 Å². The fourth-order valence-corrected chi connectivity index (χ4v) is 1.92. The van der Waals surface area contributed by atoms with Gasteiger partial charge in [0.05, 0.1) is 6.61 Å². The van der Waals surface area contributed by atoms with Crippen LogP contribution in [0.4, 0.5) is 5.69 Å². The molecule has 2 aromatic rings. The van der Waals surface area contributed by atoms with Crippen molar-refractivity contribution < 1.29 is 13.9 Å². The van der Waals surface area contributed by atoms with Gasteiger partial charge in [-0.15, -0.1) is 0 Å². The van der Waals surface area contributed by atoms with E-state index in [1.165, 1.54) is 12.3 Å². The Labute approximate surface area is 126 Å². The third-order valence-corrected chi connectivity index (χ3v) is 2.95. The average molecular weight is 298 g/mol. The van der Waals surface area contributed by atoms with Crippen LogP contribution in [0.25, 0.3) is 11.0 Å². The van der Waals surface area contributed by atoms with Crippen molar-refractivity contribution in [3.63, 3.8) is 0 Å². The molecule has 0 atom stereocenters. The van der Waals surface area contributed by atoms with E-state index in [9.17, 15) is 9.59 Å². The normalized spacial score (nSPS) is 11.0. The first kappa shape index (κ1) is 15.3. The lowest BCUT2D eigenvalue weighted by Crippen LogP contribution is -2.07. The summed E-state index contributed by atoms with van der Waals surface area (Å²) < 4.78 is 9.88. The minimum absolute atomic E-state index is 0.146. The monoisotopic (exact) mass is 298 g/mol. The summed E-state index contributed by atoms with van der Waals surface area (Å²) in [6.45, 7) is 3.67. The maximum absolute atomic E-state index is 11.5. The zero-order valence-corrected chi connectivity index (χ0v) is 12.2. The van der Waals surface area contributed by atoms with Gasteiger partial charge >= 0.3 is 11.6 Å². The second kappa shape index (κ2) is 6.59. The molecule has 6 nitrogen and oxygen atoms in total. The average Bonchev–Trinajstić information content (AvgIpc) is 2.47. The second-order valence-electron chi connectivity index (χ2n) is 4.49. The summed E-state index contributed by atoms with van der Waals surface area (Å²) in [5, 5.41) is 12.6. The third kappa shape index (κ3) is 3.33. The molecule has 0 aliphatic heterocycles. The Morgan fingerprint density at radius 2 is 2.23 bits per heavy atom. The molecule has 0 spiro atoms. The van der Waals surface area contributed by atoms with Crippen LogP contribution in [0.5, 0.6) is 0 Å². The molecule has 0 fully saturated rings. The highest BCUT2D eigenvalue weighted by molar-refractivity contribution is 5.93. The minimum Gasteiger partial charge on any atom is -0.462 e. The van der Waals surface area contributed by atoms with Crippen LogP contribution in [0.2, 0.25) is 0 Å². The number of hydrogen-bond acceptors (Lipinski definition) is 6. The van der Waals surface area contributed by atoms with E-state index in [-0.39, 0.29) is 12.2 Å². The van der Waals surface area contributed by atoms with Gasteiger partial charge in [0, 0.05) is 29.4 Å². The third-order valence-electron chi connectivity index (χ3n) is 2.95. The fourth-order valence-electron chi connectivity index (χ4n) is 1.92. The van der Waals surface area contributed by atoms with E-state index in [0.29, 0.717) is 11.3 Å². The van der Waals surface area contributed by atoms with Crippen LogP contribution in [0.3, 0.4) is 0 Å². The van der Waals surface area contributed by atoms with E-state index in [4.69, 9.17) is 14.4 Å². The Kier molecular flexibility index (Phi) is 4.59. The van der Waals surface area contributed by atoms with Crippen molar-refractivity contribution in [3.05, 3.63) is 52.0 Å². The predicted molar refractivity (Wildman–Crippen MR) is 81.2 cm³/mol. The number of nitriles is 1. The molecule has 22 heavy (non-hydrogen) atoms. The quantitative estimate of drug-likeness (QED) is 0.403. The van der Waals surface area contributed by atoms with Gasteiger partial charge in [-0.1, -0.05) is 0 Å². The van der Waals surface area contributed by atoms with Crippen LogP contribution < -0.4 is 10.9 Å². The molecule has 6 heteroatoms. The summed E-state index contributed by atoms with van der Waals surface area (Å²) in [5.74, 6) is -0.694. The Hall–Kier alpha value is -3.07. The lowest BCUT2D eigenvalue weighted by Gasteiger charge is -2.05. The van der Waals surface area contributed by atoms with Gasteiger partial charge < -0.3 is 14.5 Å². The van der Waals surface area contributed by atoms with Crippen molar-refractivity contribution in [3.8, 4) is 6.07 Å². The number of anilines is 1. The molecule has 0 bridgehead atoms. The zero-order chi connectivity index (χ0) is 16.1. The number of rotatable bonds is 4.